The van der Waals surface area contributed by atoms with Crippen molar-refractivity contribution in [3.63, 3.8) is 0 Å². The second kappa shape index (κ2) is 7.25. The molecule has 0 saturated heterocycles. The number of aryl methyl sites for hydroxylation is 1. The molecule has 0 radical (unpaired) electrons. The molecular formula is C17H24N2O2. The minimum atomic E-state index is -0.575. The Morgan fingerprint density at radius 1 is 1.14 bits per heavy atom. The highest BCUT2D eigenvalue weighted by atomic mass is 16.2. The third-order valence-corrected chi connectivity index (χ3v) is 4.28. The van der Waals surface area contributed by atoms with Gasteiger partial charge in [0, 0.05) is 11.7 Å². The summed E-state index contributed by atoms with van der Waals surface area (Å²) in [7, 11) is 0. The highest BCUT2D eigenvalue weighted by Crippen LogP contribution is 2.23. The summed E-state index contributed by atoms with van der Waals surface area (Å²) in [6, 6.07) is 7.69. The molecular weight excluding hydrogens is 264 g/mol. The van der Waals surface area contributed by atoms with E-state index in [2.05, 4.69) is 17.6 Å². The van der Waals surface area contributed by atoms with E-state index in [1.807, 2.05) is 31.2 Å². The smallest absolute Gasteiger partial charge is 0.313 e. The molecule has 0 aliphatic heterocycles. The van der Waals surface area contributed by atoms with Crippen LogP contribution in [0.2, 0.25) is 0 Å². The molecule has 1 aromatic rings. The number of para-hydroxylation sites is 1. The van der Waals surface area contributed by atoms with Gasteiger partial charge in [-0.05, 0) is 36.8 Å². The van der Waals surface area contributed by atoms with Gasteiger partial charge in [0.2, 0.25) is 0 Å². The summed E-state index contributed by atoms with van der Waals surface area (Å²) in [6.45, 7) is 4.16. The average molecular weight is 288 g/mol. The van der Waals surface area contributed by atoms with Crippen molar-refractivity contribution < 1.29 is 9.59 Å². The van der Waals surface area contributed by atoms with Crippen molar-refractivity contribution in [1.82, 2.24) is 5.32 Å². The first-order valence-electron chi connectivity index (χ1n) is 7.81. The first kappa shape index (κ1) is 15.5. The highest BCUT2D eigenvalue weighted by molar-refractivity contribution is 6.39. The van der Waals surface area contributed by atoms with Gasteiger partial charge in [0.25, 0.3) is 0 Å². The molecule has 4 heteroatoms. The molecule has 1 aliphatic carbocycles. The van der Waals surface area contributed by atoms with Crippen molar-refractivity contribution in [2.24, 2.45) is 5.92 Å². The molecule has 1 fully saturated rings. The third kappa shape index (κ3) is 4.06. The van der Waals surface area contributed by atoms with E-state index in [0.29, 0.717) is 5.92 Å². The van der Waals surface area contributed by atoms with Gasteiger partial charge < -0.3 is 10.6 Å². The molecule has 114 valence electrons. The Bertz CT molecular complexity index is 513. The normalized spacial score (nSPS) is 21.6. The van der Waals surface area contributed by atoms with Gasteiger partial charge in [-0.3, -0.25) is 9.59 Å². The van der Waals surface area contributed by atoms with Crippen LogP contribution >= 0.6 is 0 Å². The van der Waals surface area contributed by atoms with Gasteiger partial charge in [-0.25, -0.2) is 0 Å². The Labute approximate surface area is 126 Å². The highest BCUT2D eigenvalue weighted by Gasteiger charge is 2.25. The van der Waals surface area contributed by atoms with Crippen LogP contribution in [0.5, 0.6) is 0 Å². The second-order valence-electron chi connectivity index (χ2n) is 5.81. The maximum atomic E-state index is 12.0. The van der Waals surface area contributed by atoms with Crippen LogP contribution in [0.25, 0.3) is 0 Å². The van der Waals surface area contributed by atoms with Crippen LogP contribution in [0, 0.1) is 5.92 Å². The molecule has 0 spiro atoms. The third-order valence-electron chi connectivity index (χ3n) is 4.28. The summed E-state index contributed by atoms with van der Waals surface area (Å²) in [5.41, 5.74) is 1.75. The molecule has 2 amide bonds. The van der Waals surface area contributed by atoms with Crippen molar-refractivity contribution in [3.05, 3.63) is 29.8 Å². The van der Waals surface area contributed by atoms with E-state index < -0.39 is 11.8 Å². The summed E-state index contributed by atoms with van der Waals surface area (Å²) < 4.78 is 0. The van der Waals surface area contributed by atoms with Crippen LogP contribution in [-0.2, 0) is 16.0 Å². The van der Waals surface area contributed by atoms with Gasteiger partial charge in [0.1, 0.15) is 0 Å². The summed E-state index contributed by atoms with van der Waals surface area (Å²) in [5, 5.41) is 5.59. The van der Waals surface area contributed by atoms with Gasteiger partial charge in [-0.2, -0.15) is 0 Å². The van der Waals surface area contributed by atoms with Crippen LogP contribution in [0.4, 0.5) is 5.69 Å². The lowest BCUT2D eigenvalue weighted by Crippen LogP contribution is -2.45. The predicted molar refractivity (Wildman–Crippen MR) is 84.0 cm³/mol. The van der Waals surface area contributed by atoms with Gasteiger partial charge in [-0.15, -0.1) is 0 Å². The summed E-state index contributed by atoms with van der Waals surface area (Å²) in [6.07, 6.45) is 5.23. The van der Waals surface area contributed by atoms with Crippen LogP contribution in [-0.4, -0.2) is 17.9 Å². The lowest BCUT2D eigenvalue weighted by molar-refractivity contribution is -0.137. The first-order chi connectivity index (χ1) is 10.1. The maximum absolute atomic E-state index is 12.0. The number of hydrogen-bond acceptors (Lipinski definition) is 2. The van der Waals surface area contributed by atoms with Crippen molar-refractivity contribution in [2.45, 2.75) is 52.0 Å². The van der Waals surface area contributed by atoms with E-state index in [-0.39, 0.29) is 6.04 Å². The van der Waals surface area contributed by atoms with Crippen LogP contribution in [0.1, 0.15) is 45.1 Å². The minimum Gasteiger partial charge on any atom is -0.345 e. The predicted octanol–water partition coefficient (Wildman–Crippen LogP) is 2.88. The fourth-order valence-corrected chi connectivity index (χ4v) is 2.89. The summed E-state index contributed by atoms with van der Waals surface area (Å²) in [5.74, 6) is -0.660. The van der Waals surface area contributed by atoms with E-state index in [1.165, 1.54) is 6.42 Å². The van der Waals surface area contributed by atoms with Gasteiger partial charge in [0.05, 0.1) is 0 Å². The standard InChI is InChI=1S/C17H24N2O2/c1-3-13-9-5-7-11-15(13)19-17(21)16(20)18-14-10-6-4-8-12(14)2/h5,7,9,11-12,14H,3-4,6,8,10H2,1-2H3,(H,18,20)(H,19,21)/t12-,14+/m0/s1. The Kier molecular flexibility index (Phi) is 5.37. The lowest BCUT2D eigenvalue weighted by atomic mass is 9.86. The molecule has 0 aromatic heterocycles. The molecule has 2 rings (SSSR count). The molecule has 2 N–H and O–H groups in total. The number of benzene rings is 1. The Morgan fingerprint density at radius 3 is 2.57 bits per heavy atom. The van der Waals surface area contributed by atoms with Gasteiger partial charge >= 0.3 is 11.8 Å². The van der Waals surface area contributed by atoms with Crippen molar-refractivity contribution >= 4 is 17.5 Å². The SMILES string of the molecule is CCc1ccccc1NC(=O)C(=O)N[C@@H]1CCCC[C@@H]1C. The molecule has 21 heavy (non-hydrogen) atoms. The Morgan fingerprint density at radius 2 is 1.86 bits per heavy atom. The molecule has 1 saturated carbocycles. The number of carbonyl (C=O) groups is 2. The molecule has 2 atom stereocenters. The molecule has 1 aromatic carbocycles. The van der Waals surface area contributed by atoms with E-state index in [9.17, 15) is 9.59 Å². The largest absolute Gasteiger partial charge is 0.345 e. The number of amides is 2. The maximum Gasteiger partial charge on any atom is 0.313 e. The number of anilines is 1. The zero-order valence-electron chi connectivity index (χ0n) is 12.8. The van der Waals surface area contributed by atoms with Crippen LogP contribution in [0.3, 0.4) is 0 Å². The van der Waals surface area contributed by atoms with Crippen molar-refractivity contribution in [2.75, 3.05) is 5.32 Å². The summed E-state index contributed by atoms with van der Waals surface area (Å²) in [4.78, 5) is 24.1. The topological polar surface area (TPSA) is 58.2 Å². The first-order valence-corrected chi connectivity index (χ1v) is 7.81. The second-order valence-corrected chi connectivity index (χ2v) is 5.81. The van der Waals surface area contributed by atoms with E-state index in [4.69, 9.17) is 0 Å². The molecule has 0 bridgehead atoms. The van der Waals surface area contributed by atoms with E-state index in [0.717, 1.165) is 36.9 Å². The fraction of sp³-hybridized carbons (Fsp3) is 0.529. The summed E-state index contributed by atoms with van der Waals surface area (Å²) >= 11 is 0. The minimum absolute atomic E-state index is 0.124. The molecule has 4 nitrogen and oxygen atoms in total. The number of carbonyl (C=O) groups excluding carboxylic acids is 2. The van der Waals surface area contributed by atoms with Crippen molar-refractivity contribution in [1.29, 1.82) is 0 Å². The number of rotatable bonds is 3. The quantitative estimate of drug-likeness (QED) is 0.840. The lowest BCUT2D eigenvalue weighted by Gasteiger charge is -2.29. The van der Waals surface area contributed by atoms with Crippen LogP contribution < -0.4 is 10.6 Å². The van der Waals surface area contributed by atoms with Crippen molar-refractivity contribution in [3.8, 4) is 0 Å². The Hall–Kier alpha value is -1.84. The zero-order chi connectivity index (χ0) is 15.2. The number of nitrogens with one attached hydrogen (secondary N) is 2. The van der Waals surface area contributed by atoms with Crippen LogP contribution in [0.15, 0.2) is 24.3 Å². The van der Waals surface area contributed by atoms with E-state index >= 15 is 0 Å². The molecule has 0 unspecified atom stereocenters. The number of hydrogen-bond donors (Lipinski definition) is 2. The molecule has 1 aliphatic rings. The monoisotopic (exact) mass is 288 g/mol. The van der Waals surface area contributed by atoms with E-state index in [1.54, 1.807) is 0 Å². The van der Waals surface area contributed by atoms with Gasteiger partial charge in [-0.1, -0.05) is 44.9 Å². The van der Waals surface area contributed by atoms with Gasteiger partial charge in [0.15, 0.2) is 0 Å². The fourth-order valence-electron chi connectivity index (χ4n) is 2.89. The Balaban J connectivity index is 1.94. The molecule has 0 heterocycles. The average Bonchev–Trinajstić information content (AvgIpc) is 2.50. The zero-order valence-corrected chi connectivity index (χ0v) is 12.8.